The second-order valence-electron chi connectivity index (χ2n) is 5.89. The van der Waals surface area contributed by atoms with Gasteiger partial charge in [0, 0.05) is 17.4 Å². The van der Waals surface area contributed by atoms with Crippen LogP contribution in [0.1, 0.15) is 30.9 Å². The summed E-state index contributed by atoms with van der Waals surface area (Å²) in [5.41, 5.74) is 0.947. The minimum Gasteiger partial charge on any atom is -0.338 e. The number of nitrogens with zero attached hydrogens (tertiary/aromatic N) is 2. The minimum absolute atomic E-state index is 0.185. The Kier molecular flexibility index (Phi) is 5.36. The van der Waals surface area contributed by atoms with E-state index in [0.29, 0.717) is 11.4 Å². The Labute approximate surface area is 141 Å². The van der Waals surface area contributed by atoms with E-state index in [9.17, 15) is 4.79 Å². The molecule has 0 saturated carbocycles. The van der Waals surface area contributed by atoms with Crippen LogP contribution < -0.4 is 5.32 Å². The van der Waals surface area contributed by atoms with Crippen LogP contribution in [0.15, 0.2) is 48.8 Å². The van der Waals surface area contributed by atoms with Crippen molar-refractivity contribution in [3.8, 4) is 6.07 Å². The number of pyridine rings is 1. The summed E-state index contributed by atoms with van der Waals surface area (Å²) in [5, 5.41) is 12.5. The lowest BCUT2D eigenvalue weighted by atomic mass is 9.90. The van der Waals surface area contributed by atoms with Gasteiger partial charge in [0.25, 0.3) is 0 Å². The maximum atomic E-state index is 12.7. The zero-order chi connectivity index (χ0) is 16.9. The van der Waals surface area contributed by atoms with Crippen LogP contribution in [0.25, 0.3) is 0 Å². The van der Waals surface area contributed by atoms with Crippen molar-refractivity contribution in [2.45, 2.75) is 31.7 Å². The first-order valence-corrected chi connectivity index (χ1v) is 7.67. The van der Waals surface area contributed by atoms with E-state index in [1.165, 1.54) is 0 Å². The number of nitriles is 1. The van der Waals surface area contributed by atoms with Gasteiger partial charge in [-0.25, -0.2) is 0 Å². The Morgan fingerprint density at radius 2 is 1.87 bits per heavy atom. The fraction of sp³-hybridized carbons (Fsp3) is 0.278. The van der Waals surface area contributed by atoms with E-state index < -0.39 is 11.5 Å². The van der Waals surface area contributed by atoms with Gasteiger partial charge < -0.3 is 5.32 Å². The highest BCUT2D eigenvalue weighted by molar-refractivity contribution is 6.30. The summed E-state index contributed by atoms with van der Waals surface area (Å²) in [6.45, 7) is 3.35. The zero-order valence-corrected chi connectivity index (χ0v) is 13.8. The van der Waals surface area contributed by atoms with Crippen molar-refractivity contribution in [3.63, 3.8) is 0 Å². The third kappa shape index (κ3) is 4.80. The summed E-state index contributed by atoms with van der Waals surface area (Å²) in [7, 11) is 0. The lowest BCUT2D eigenvalue weighted by Crippen LogP contribution is -2.44. The largest absolute Gasteiger partial charge is 0.338 e. The standard InChI is InChI=1S/C18H18ClN3O/c1-18(2,12-20)22-17(23)16(11-13-7-9-21-10-8-13)14-3-5-15(19)6-4-14/h3-10,16H,11H2,1-2H3,(H,22,23). The van der Waals surface area contributed by atoms with Gasteiger partial charge in [-0.3, -0.25) is 9.78 Å². The molecule has 0 spiro atoms. The van der Waals surface area contributed by atoms with Gasteiger partial charge in [0.15, 0.2) is 0 Å². The fourth-order valence-electron chi connectivity index (χ4n) is 2.23. The first-order chi connectivity index (χ1) is 10.9. The Morgan fingerprint density at radius 3 is 2.43 bits per heavy atom. The number of hydrogen-bond acceptors (Lipinski definition) is 3. The van der Waals surface area contributed by atoms with Gasteiger partial charge in [-0.15, -0.1) is 0 Å². The number of carbonyl (C=O) groups is 1. The summed E-state index contributed by atoms with van der Waals surface area (Å²) in [4.78, 5) is 16.7. The zero-order valence-electron chi connectivity index (χ0n) is 13.1. The van der Waals surface area contributed by atoms with Crippen LogP contribution in [0.4, 0.5) is 0 Å². The molecule has 1 aromatic carbocycles. The number of aromatic nitrogens is 1. The van der Waals surface area contributed by atoms with Gasteiger partial charge in [0.2, 0.25) is 5.91 Å². The lowest BCUT2D eigenvalue weighted by Gasteiger charge is -2.23. The minimum atomic E-state index is -0.917. The van der Waals surface area contributed by atoms with Gasteiger partial charge >= 0.3 is 0 Å². The molecule has 2 rings (SSSR count). The molecule has 0 saturated heterocycles. The molecule has 0 bridgehead atoms. The molecule has 1 heterocycles. The number of benzene rings is 1. The molecule has 1 aromatic heterocycles. The first-order valence-electron chi connectivity index (χ1n) is 7.29. The lowest BCUT2D eigenvalue weighted by molar-refractivity contribution is -0.123. The van der Waals surface area contributed by atoms with Crippen LogP contribution in [-0.2, 0) is 11.2 Å². The van der Waals surface area contributed by atoms with Crippen LogP contribution in [0.3, 0.4) is 0 Å². The van der Waals surface area contributed by atoms with Gasteiger partial charge in [0.1, 0.15) is 5.54 Å². The second kappa shape index (κ2) is 7.26. The third-order valence-electron chi connectivity index (χ3n) is 3.49. The Bertz CT molecular complexity index is 705. The summed E-state index contributed by atoms with van der Waals surface area (Å²) >= 11 is 5.93. The van der Waals surface area contributed by atoms with Gasteiger partial charge in [-0.1, -0.05) is 23.7 Å². The molecule has 0 aliphatic rings. The van der Waals surface area contributed by atoms with E-state index in [1.54, 1.807) is 38.4 Å². The average molecular weight is 328 g/mol. The summed E-state index contributed by atoms with van der Waals surface area (Å²) in [6.07, 6.45) is 3.92. The average Bonchev–Trinajstić information content (AvgIpc) is 2.54. The number of nitrogens with one attached hydrogen (secondary N) is 1. The highest BCUT2D eigenvalue weighted by Gasteiger charge is 2.27. The second-order valence-corrected chi connectivity index (χ2v) is 6.33. The monoisotopic (exact) mass is 327 g/mol. The van der Waals surface area contributed by atoms with Gasteiger partial charge in [0.05, 0.1) is 12.0 Å². The van der Waals surface area contributed by atoms with Crippen molar-refractivity contribution in [3.05, 3.63) is 64.9 Å². The van der Waals surface area contributed by atoms with E-state index in [1.807, 2.05) is 24.3 Å². The molecule has 0 aliphatic heterocycles. The Hall–Kier alpha value is -2.38. The molecular formula is C18H18ClN3O. The van der Waals surface area contributed by atoms with Crippen LogP contribution >= 0.6 is 11.6 Å². The molecular weight excluding hydrogens is 310 g/mol. The number of carbonyl (C=O) groups excluding carboxylic acids is 1. The first kappa shape index (κ1) is 17.0. The molecule has 4 nitrogen and oxygen atoms in total. The summed E-state index contributed by atoms with van der Waals surface area (Å²) in [6, 6.07) is 13.1. The molecule has 1 unspecified atom stereocenters. The number of halogens is 1. The van der Waals surface area contributed by atoms with Crippen LogP contribution in [-0.4, -0.2) is 16.4 Å². The SMILES string of the molecule is CC(C)(C#N)NC(=O)C(Cc1ccncc1)c1ccc(Cl)cc1. The molecule has 5 heteroatoms. The maximum absolute atomic E-state index is 12.7. The van der Waals surface area contributed by atoms with E-state index in [4.69, 9.17) is 16.9 Å². The van der Waals surface area contributed by atoms with Crippen molar-refractivity contribution < 1.29 is 4.79 Å². The maximum Gasteiger partial charge on any atom is 0.229 e. The molecule has 1 N–H and O–H groups in total. The Morgan fingerprint density at radius 1 is 1.26 bits per heavy atom. The van der Waals surface area contributed by atoms with E-state index in [2.05, 4.69) is 16.4 Å². The van der Waals surface area contributed by atoms with Crippen molar-refractivity contribution in [2.24, 2.45) is 0 Å². The van der Waals surface area contributed by atoms with Gasteiger partial charge in [-0.2, -0.15) is 5.26 Å². The van der Waals surface area contributed by atoms with E-state index in [-0.39, 0.29) is 5.91 Å². The quantitative estimate of drug-likeness (QED) is 0.914. The molecule has 118 valence electrons. The molecule has 1 amide bonds. The van der Waals surface area contributed by atoms with E-state index >= 15 is 0 Å². The number of amides is 1. The predicted molar refractivity (Wildman–Crippen MR) is 90.0 cm³/mol. The number of hydrogen-bond donors (Lipinski definition) is 1. The van der Waals surface area contributed by atoms with Crippen molar-refractivity contribution in [1.82, 2.24) is 10.3 Å². The molecule has 0 aliphatic carbocycles. The molecule has 0 radical (unpaired) electrons. The van der Waals surface area contributed by atoms with Crippen LogP contribution in [0, 0.1) is 11.3 Å². The molecule has 2 aromatic rings. The molecule has 0 fully saturated rings. The predicted octanol–water partition coefficient (Wildman–Crippen LogP) is 3.48. The highest BCUT2D eigenvalue weighted by Crippen LogP contribution is 2.24. The smallest absolute Gasteiger partial charge is 0.229 e. The Balaban J connectivity index is 2.29. The topological polar surface area (TPSA) is 65.8 Å². The third-order valence-corrected chi connectivity index (χ3v) is 3.75. The fourth-order valence-corrected chi connectivity index (χ4v) is 2.36. The molecule has 1 atom stereocenters. The summed E-state index contributed by atoms with van der Waals surface area (Å²) in [5.74, 6) is -0.585. The summed E-state index contributed by atoms with van der Waals surface area (Å²) < 4.78 is 0. The van der Waals surface area contributed by atoms with Gasteiger partial charge in [-0.05, 0) is 55.7 Å². The molecule has 23 heavy (non-hydrogen) atoms. The highest BCUT2D eigenvalue weighted by atomic mass is 35.5. The van der Waals surface area contributed by atoms with Crippen molar-refractivity contribution in [2.75, 3.05) is 0 Å². The normalized spacial score (nSPS) is 12.3. The van der Waals surface area contributed by atoms with Crippen molar-refractivity contribution >= 4 is 17.5 Å². The van der Waals surface area contributed by atoms with E-state index in [0.717, 1.165) is 11.1 Å². The van der Waals surface area contributed by atoms with Crippen LogP contribution in [0.2, 0.25) is 5.02 Å². The van der Waals surface area contributed by atoms with Crippen molar-refractivity contribution in [1.29, 1.82) is 5.26 Å². The number of rotatable bonds is 5. The van der Waals surface area contributed by atoms with Crippen LogP contribution in [0.5, 0.6) is 0 Å².